The summed E-state index contributed by atoms with van der Waals surface area (Å²) in [4.78, 5) is 0. The van der Waals surface area contributed by atoms with Crippen LogP contribution in [-0.4, -0.2) is 5.11 Å². The van der Waals surface area contributed by atoms with E-state index in [1.54, 1.807) is 0 Å². The molecule has 0 saturated heterocycles. The largest absolute Gasteiger partial charge is 0.508 e. The van der Waals surface area contributed by atoms with E-state index in [1.165, 1.54) is 44.1 Å². The van der Waals surface area contributed by atoms with Gasteiger partial charge in [0.2, 0.25) is 0 Å². The Morgan fingerprint density at radius 3 is 1.72 bits per heavy atom. The van der Waals surface area contributed by atoms with Gasteiger partial charge in [-0.1, -0.05) is 79.9 Å². The number of rotatable bonds is 9. The Morgan fingerprint density at radius 1 is 0.760 bits per heavy atom. The van der Waals surface area contributed by atoms with Crippen LogP contribution in [0.5, 0.6) is 5.75 Å². The smallest absolute Gasteiger partial charge is 0.115 e. The van der Waals surface area contributed by atoms with Crippen LogP contribution in [0.15, 0.2) is 24.3 Å². The summed E-state index contributed by atoms with van der Waals surface area (Å²) in [5.74, 6) is 1.88. The lowest BCUT2D eigenvalue weighted by atomic mass is 9.71. The van der Waals surface area contributed by atoms with Crippen molar-refractivity contribution in [3.05, 3.63) is 29.8 Å². The number of aromatic hydroxyl groups is 1. The minimum absolute atomic E-state index is 0.318. The summed E-state index contributed by atoms with van der Waals surface area (Å²) in [6, 6.07) is 7.78. The van der Waals surface area contributed by atoms with Crippen molar-refractivity contribution in [2.45, 2.75) is 93.4 Å². The maximum atomic E-state index is 9.50. The third-order valence-electron chi connectivity index (χ3n) is 5.88. The number of hydrogen-bond acceptors (Lipinski definition) is 1. The zero-order valence-electron chi connectivity index (χ0n) is 17.9. The Labute approximate surface area is 157 Å². The van der Waals surface area contributed by atoms with Gasteiger partial charge in [-0.3, -0.25) is 0 Å². The van der Waals surface area contributed by atoms with E-state index in [0.717, 1.165) is 12.3 Å². The minimum atomic E-state index is 0.318. The summed E-state index contributed by atoms with van der Waals surface area (Å²) in [6.07, 6.45) is 9.12. The molecular formula is C24H42O. The summed E-state index contributed by atoms with van der Waals surface area (Å²) in [5, 5.41) is 9.50. The molecule has 0 aliphatic heterocycles. The molecule has 2 unspecified atom stereocenters. The van der Waals surface area contributed by atoms with Crippen molar-refractivity contribution in [3.63, 3.8) is 0 Å². The molecule has 0 aromatic heterocycles. The predicted octanol–water partition coefficient (Wildman–Crippen LogP) is 7.62. The molecule has 144 valence electrons. The summed E-state index contributed by atoms with van der Waals surface area (Å²) in [5.41, 5.74) is 2.08. The molecule has 1 rings (SSSR count). The average Bonchev–Trinajstić information content (AvgIpc) is 2.49. The monoisotopic (exact) mass is 346 g/mol. The molecule has 25 heavy (non-hydrogen) atoms. The molecule has 1 aromatic carbocycles. The van der Waals surface area contributed by atoms with Crippen molar-refractivity contribution in [1.29, 1.82) is 0 Å². The van der Waals surface area contributed by atoms with Crippen molar-refractivity contribution < 1.29 is 5.11 Å². The molecule has 0 fully saturated rings. The number of phenols is 1. The van der Waals surface area contributed by atoms with Gasteiger partial charge in [0.25, 0.3) is 0 Å². The molecule has 0 amide bonds. The molecule has 0 saturated carbocycles. The Hall–Kier alpha value is -0.980. The van der Waals surface area contributed by atoms with Crippen LogP contribution in [0.25, 0.3) is 0 Å². The molecule has 1 nitrogen and oxygen atoms in total. The highest BCUT2D eigenvalue weighted by molar-refractivity contribution is 5.26. The Kier molecular flexibility index (Phi) is 8.51. The number of benzene rings is 1. The van der Waals surface area contributed by atoms with Gasteiger partial charge in [0.15, 0.2) is 0 Å². The van der Waals surface area contributed by atoms with E-state index < -0.39 is 0 Å². The van der Waals surface area contributed by atoms with Crippen LogP contribution in [0.2, 0.25) is 0 Å². The molecule has 0 spiro atoms. The normalized spacial score (nSPS) is 15.2. The Bertz CT molecular complexity index is 472. The summed E-state index contributed by atoms with van der Waals surface area (Å²) >= 11 is 0. The molecule has 0 heterocycles. The topological polar surface area (TPSA) is 20.2 Å². The van der Waals surface area contributed by atoms with E-state index in [1.807, 2.05) is 12.1 Å². The molecule has 0 aliphatic carbocycles. The van der Waals surface area contributed by atoms with Crippen molar-refractivity contribution in [2.24, 2.45) is 22.7 Å². The van der Waals surface area contributed by atoms with Gasteiger partial charge >= 0.3 is 0 Å². The van der Waals surface area contributed by atoms with Gasteiger partial charge in [-0.25, -0.2) is 0 Å². The second kappa shape index (κ2) is 9.64. The van der Waals surface area contributed by atoms with Crippen LogP contribution in [0.3, 0.4) is 0 Å². The lowest BCUT2D eigenvalue weighted by Crippen LogP contribution is -2.24. The molecule has 2 atom stereocenters. The molecule has 1 heteroatoms. The Balaban J connectivity index is 2.64. The van der Waals surface area contributed by atoms with Crippen LogP contribution in [-0.2, 0) is 6.42 Å². The van der Waals surface area contributed by atoms with Crippen molar-refractivity contribution in [2.75, 3.05) is 0 Å². The van der Waals surface area contributed by atoms with Gasteiger partial charge in [0.1, 0.15) is 5.75 Å². The van der Waals surface area contributed by atoms with E-state index in [2.05, 4.69) is 60.6 Å². The van der Waals surface area contributed by atoms with Gasteiger partial charge in [-0.2, -0.15) is 0 Å². The molecule has 0 radical (unpaired) electrons. The molecule has 0 bridgehead atoms. The highest BCUT2D eigenvalue weighted by Crippen LogP contribution is 2.37. The fourth-order valence-corrected chi connectivity index (χ4v) is 3.83. The molecule has 1 aromatic rings. The van der Waals surface area contributed by atoms with E-state index in [0.29, 0.717) is 22.5 Å². The lowest BCUT2D eigenvalue weighted by molar-refractivity contribution is 0.178. The fraction of sp³-hybridized carbons (Fsp3) is 0.750. The zero-order chi connectivity index (χ0) is 19.1. The van der Waals surface area contributed by atoms with Crippen LogP contribution in [0, 0.1) is 22.7 Å². The zero-order valence-corrected chi connectivity index (χ0v) is 17.9. The lowest BCUT2D eigenvalue weighted by Gasteiger charge is -2.34. The highest BCUT2D eigenvalue weighted by Gasteiger charge is 2.27. The third-order valence-corrected chi connectivity index (χ3v) is 5.88. The summed E-state index contributed by atoms with van der Waals surface area (Å²) in [7, 11) is 0. The number of unbranched alkanes of at least 4 members (excludes halogenated alkanes) is 1. The minimum Gasteiger partial charge on any atom is -0.508 e. The van der Waals surface area contributed by atoms with Gasteiger partial charge in [-0.05, 0) is 66.0 Å². The van der Waals surface area contributed by atoms with Crippen molar-refractivity contribution in [1.82, 2.24) is 0 Å². The average molecular weight is 347 g/mol. The van der Waals surface area contributed by atoms with Crippen LogP contribution in [0.4, 0.5) is 0 Å². The quantitative estimate of drug-likeness (QED) is 0.487. The second-order valence-electron chi connectivity index (χ2n) is 10.1. The molecular weight excluding hydrogens is 304 g/mol. The van der Waals surface area contributed by atoms with E-state index >= 15 is 0 Å². The molecule has 0 aliphatic rings. The first-order valence-corrected chi connectivity index (χ1v) is 10.3. The van der Waals surface area contributed by atoms with Crippen LogP contribution < -0.4 is 0 Å². The van der Waals surface area contributed by atoms with Gasteiger partial charge in [0.05, 0.1) is 0 Å². The highest BCUT2D eigenvalue weighted by atomic mass is 16.3. The van der Waals surface area contributed by atoms with Gasteiger partial charge < -0.3 is 5.11 Å². The van der Waals surface area contributed by atoms with E-state index in [4.69, 9.17) is 0 Å². The van der Waals surface area contributed by atoms with Crippen molar-refractivity contribution in [3.8, 4) is 5.75 Å². The van der Waals surface area contributed by atoms with Crippen LogP contribution in [0.1, 0.15) is 92.6 Å². The summed E-state index contributed by atoms with van der Waals surface area (Å²) < 4.78 is 0. The van der Waals surface area contributed by atoms with Gasteiger partial charge in [0, 0.05) is 0 Å². The Morgan fingerprint density at radius 2 is 1.24 bits per heavy atom. The maximum absolute atomic E-state index is 9.50. The molecule has 1 N–H and O–H groups in total. The standard InChI is InChI=1S/C24H42O/c1-8-9-11-20(23(2,3)4)12-10-13-21(24(5,6)7)18-19-14-16-22(25)17-15-19/h14-17,20-21,25H,8-13,18H2,1-7H3. The predicted molar refractivity (Wildman–Crippen MR) is 111 cm³/mol. The second-order valence-corrected chi connectivity index (χ2v) is 10.1. The number of hydrogen-bond donors (Lipinski definition) is 1. The van der Waals surface area contributed by atoms with E-state index in [-0.39, 0.29) is 0 Å². The number of phenolic OH excluding ortho intramolecular Hbond substituents is 1. The van der Waals surface area contributed by atoms with Crippen LogP contribution >= 0.6 is 0 Å². The SMILES string of the molecule is CCCCC(CCCC(Cc1ccc(O)cc1)C(C)(C)C)C(C)(C)C. The first-order valence-electron chi connectivity index (χ1n) is 10.3. The van der Waals surface area contributed by atoms with Gasteiger partial charge in [-0.15, -0.1) is 0 Å². The first-order chi connectivity index (χ1) is 11.5. The first kappa shape index (κ1) is 22.1. The maximum Gasteiger partial charge on any atom is 0.115 e. The third kappa shape index (κ3) is 8.29. The van der Waals surface area contributed by atoms with Crippen molar-refractivity contribution >= 4 is 0 Å². The van der Waals surface area contributed by atoms with E-state index in [9.17, 15) is 5.11 Å². The summed E-state index contributed by atoms with van der Waals surface area (Å²) in [6.45, 7) is 16.6. The fourth-order valence-electron chi connectivity index (χ4n) is 3.83.